The summed E-state index contributed by atoms with van der Waals surface area (Å²) in [5.41, 5.74) is 0.923. The molecule has 3 nitrogen and oxygen atoms in total. The summed E-state index contributed by atoms with van der Waals surface area (Å²) in [6, 6.07) is 7.86. The van der Waals surface area contributed by atoms with Crippen LogP contribution in [0.1, 0.15) is 18.7 Å². The lowest BCUT2D eigenvalue weighted by molar-refractivity contribution is 0.448. The minimum absolute atomic E-state index is 0.0937. The van der Waals surface area contributed by atoms with Crippen molar-refractivity contribution >= 4 is 0 Å². The fraction of sp³-hybridized carbons (Fsp3) is 0.400. The number of aromatic hydroxyl groups is 1. The van der Waals surface area contributed by atoms with E-state index in [0.29, 0.717) is 11.8 Å². The zero-order valence-electron chi connectivity index (χ0n) is 7.62. The Kier molecular flexibility index (Phi) is 2.20. The normalized spacial score (nSPS) is 27.8. The maximum Gasteiger partial charge on any atom is 0.121 e. The highest BCUT2D eigenvalue weighted by Gasteiger charge is 2.22. The summed E-state index contributed by atoms with van der Waals surface area (Å²) in [6.07, 6.45) is 0.0937. The van der Waals surface area contributed by atoms with Crippen LogP contribution in [0.4, 0.5) is 0 Å². The molecule has 1 fully saturated rings. The number of para-hydroxylation sites is 1. The van der Waals surface area contributed by atoms with Gasteiger partial charge in [0.2, 0.25) is 0 Å². The number of benzene rings is 1. The van der Waals surface area contributed by atoms with Crippen LogP contribution in [0.5, 0.6) is 5.75 Å². The van der Waals surface area contributed by atoms with Crippen molar-refractivity contribution in [1.82, 2.24) is 10.6 Å². The molecule has 2 atom stereocenters. The molecule has 3 N–H and O–H groups in total. The quantitative estimate of drug-likeness (QED) is 0.600. The van der Waals surface area contributed by atoms with Gasteiger partial charge in [-0.1, -0.05) is 18.2 Å². The van der Waals surface area contributed by atoms with E-state index in [1.54, 1.807) is 6.07 Å². The van der Waals surface area contributed by atoms with Gasteiger partial charge in [-0.15, -0.1) is 0 Å². The fourth-order valence-corrected chi connectivity index (χ4v) is 1.63. The molecule has 0 aromatic heterocycles. The van der Waals surface area contributed by atoms with Crippen LogP contribution in [0.2, 0.25) is 0 Å². The Morgan fingerprint density at radius 2 is 2.15 bits per heavy atom. The van der Waals surface area contributed by atoms with E-state index in [-0.39, 0.29) is 6.17 Å². The SMILES string of the molecule is CC1CNC(c2ccccc2O)N1. The number of phenolic OH excluding ortho intramolecular Hbond substituents is 1. The van der Waals surface area contributed by atoms with Gasteiger partial charge in [0.15, 0.2) is 0 Å². The van der Waals surface area contributed by atoms with Gasteiger partial charge in [-0.25, -0.2) is 0 Å². The molecular formula is C10H14N2O. The van der Waals surface area contributed by atoms with Crippen molar-refractivity contribution in [3.8, 4) is 5.75 Å². The standard InChI is InChI=1S/C10H14N2O/c1-7-6-11-10(12-7)8-4-2-3-5-9(8)13/h2-5,7,10-13H,6H2,1H3. The van der Waals surface area contributed by atoms with Crippen LogP contribution in [0.25, 0.3) is 0 Å². The first-order valence-corrected chi connectivity index (χ1v) is 4.54. The second-order valence-corrected chi connectivity index (χ2v) is 3.47. The average molecular weight is 178 g/mol. The third-order valence-corrected chi connectivity index (χ3v) is 2.33. The molecule has 3 heteroatoms. The smallest absolute Gasteiger partial charge is 0.121 e. The summed E-state index contributed by atoms with van der Waals surface area (Å²) >= 11 is 0. The molecule has 1 heterocycles. The van der Waals surface area contributed by atoms with Crippen molar-refractivity contribution in [2.24, 2.45) is 0 Å². The van der Waals surface area contributed by atoms with Gasteiger partial charge in [-0.2, -0.15) is 0 Å². The van der Waals surface area contributed by atoms with E-state index in [1.807, 2.05) is 18.2 Å². The van der Waals surface area contributed by atoms with E-state index in [9.17, 15) is 5.11 Å². The van der Waals surface area contributed by atoms with Crippen molar-refractivity contribution in [2.45, 2.75) is 19.1 Å². The van der Waals surface area contributed by atoms with Crippen molar-refractivity contribution in [3.05, 3.63) is 29.8 Å². The summed E-state index contributed by atoms with van der Waals surface area (Å²) < 4.78 is 0. The number of nitrogens with one attached hydrogen (secondary N) is 2. The van der Waals surface area contributed by atoms with E-state index >= 15 is 0 Å². The van der Waals surface area contributed by atoms with Gasteiger partial charge in [0, 0.05) is 18.2 Å². The van der Waals surface area contributed by atoms with Gasteiger partial charge in [0.25, 0.3) is 0 Å². The highest BCUT2D eigenvalue weighted by Crippen LogP contribution is 2.23. The highest BCUT2D eigenvalue weighted by molar-refractivity contribution is 5.34. The predicted octanol–water partition coefficient (Wildman–Crippen LogP) is 0.972. The zero-order chi connectivity index (χ0) is 9.26. The first-order chi connectivity index (χ1) is 6.27. The summed E-state index contributed by atoms with van der Waals surface area (Å²) in [6.45, 7) is 3.06. The molecule has 0 bridgehead atoms. The van der Waals surface area contributed by atoms with E-state index in [0.717, 1.165) is 12.1 Å². The molecule has 1 aliphatic rings. The topological polar surface area (TPSA) is 44.3 Å². The molecule has 13 heavy (non-hydrogen) atoms. The molecule has 0 saturated carbocycles. The van der Waals surface area contributed by atoms with Crippen LogP contribution in [-0.2, 0) is 0 Å². The van der Waals surface area contributed by atoms with Crippen LogP contribution < -0.4 is 10.6 Å². The molecule has 0 radical (unpaired) electrons. The van der Waals surface area contributed by atoms with E-state index in [4.69, 9.17) is 0 Å². The lowest BCUT2D eigenvalue weighted by atomic mass is 10.1. The van der Waals surface area contributed by atoms with Crippen LogP contribution in [0.3, 0.4) is 0 Å². The Balaban J connectivity index is 2.21. The van der Waals surface area contributed by atoms with E-state index in [1.165, 1.54) is 0 Å². The van der Waals surface area contributed by atoms with Crippen molar-refractivity contribution in [3.63, 3.8) is 0 Å². The molecule has 1 saturated heterocycles. The van der Waals surface area contributed by atoms with Crippen molar-refractivity contribution in [1.29, 1.82) is 0 Å². The Labute approximate surface area is 77.8 Å². The Morgan fingerprint density at radius 3 is 2.77 bits per heavy atom. The van der Waals surface area contributed by atoms with Crippen LogP contribution >= 0.6 is 0 Å². The summed E-state index contributed by atoms with van der Waals surface area (Å²) in [5.74, 6) is 0.349. The Morgan fingerprint density at radius 1 is 1.38 bits per heavy atom. The molecule has 0 aliphatic carbocycles. The van der Waals surface area contributed by atoms with Gasteiger partial charge >= 0.3 is 0 Å². The number of phenols is 1. The largest absolute Gasteiger partial charge is 0.508 e. The third kappa shape index (κ3) is 1.66. The lowest BCUT2D eigenvalue weighted by Gasteiger charge is -2.13. The number of hydrogen-bond acceptors (Lipinski definition) is 3. The molecule has 1 aromatic carbocycles. The summed E-state index contributed by atoms with van der Waals surface area (Å²) in [4.78, 5) is 0. The van der Waals surface area contributed by atoms with Crippen molar-refractivity contribution < 1.29 is 5.11 Å². The number of rotatable bonds is 1. The Hall–Kier alpha value is -1.06. The molecule has 70 valence electrons. The highest BCUT2D eigenvalue weighted by atomic mass is 16.3. The molecule has 1 aliphatic heterocycles. The van der Waals surface area contributed by atoms with Gasteiger partial charge in [-0.05, 0) is 13.0 Å². The van der Waals surface area contributed by atoms with Gasteiger partial charge in [0.1, 0.15) is 5.75 Å². The van der Waals surface area contributed by atoms with Crippen LogP contribution in [0.15, 0.2) is 24.3 Å². The van der Waals surface area contributed by atoms with E-state index < -0.39 is 0 Å². The average Bonchev–Trinajstić information content (AvgIpc) is 2.53. The first kappa shape index (κ1) is 8.53. The number of hydrogen-bond donors (Lipinski definition) is 3. The Bertz CT molecular complexity index is 301. The van der Waals surface area contributed by atoms with Crippen molar-refractivity contribution in [2.75, 3.05) is 6.54 Å². The second kappa shape index (κ2) is 3.36. The summed E-state index contributed by atoms with van der Waals surface area (Å²) in [5, 5.41) is 16.2. The molecular weight excluding hydrogens is 164 g/mol. The van der Waals surface area contributed by atoms with E-state index in [2.05, 4.69) is 17.6 Å². The maximum absolute atomic E-state index is 9.58. The fourth-order valence-electron chi connectivity index (χ4n) is 1.63. The maximum atomic E-state index is 9.58. The first-order valence-electron chi connectivity index (χ1n) is 4.54. The van der Waals surface area contributed by atoms with Gasteiger partial charge in [-0.3, -0.25) is 10.6 Å². The molecule has 2 unspecified atom stereocenters. The third-order valence-electron chi connectivity index (χ3n) is 2.33. The molecule has 0 amide bonds. The molecule has 1 aromatic rings. The lowest BCUT2D eigenvalue weighted by Crippen LogP contribution is -2.23. The predicted molar refractivity (Wildman–Crippen MR) is 51.4 cm³/mol. The molecule has 2 rings (SSSR count). The molecule has 0 spiro atoms. The second-order valence-electron chi connectivity index (χ2n) is 3.47. The van der Waals surface area contributed by atoms with Gasteiger partial charge < -0.3 is 5.11 Å². The minimum atomic E-state index is 0.0937. The monoisotopic (exact) mass is 178 g/mol. The van der Waals surface area contributed by atoms with Crippen LogP contribution in [-0.4, -0.2) is 17.7 Å². The van der Waals surface area contributed by atoms with Crippen LogP contribution in [0, 0.1) is 0 Å². The summed E-state index contributed by atoms with van der Waals surface area (Å²) in [7, 11) is 0. The minimum Gasteiger partial charge on any atom is -0.508 e. The van der Waals surface area contributed by atoms with Gasteiger partial charge in [0.05, 0.1) is 6.17 Å². The zero-order valence-corrected chi connectivity index (χ0v) is 7.62.